The lowest BCUT2D eigenvalue weighted by Gasteiger charge is -2.17. The third-order valence-corrected chi connectivity index (χ3v) is 6.56. The molecule has 0 amide bonds. The number of aromatic nitrogens is 1. The Kier molecular flexibility index (Phi) is 6.00. The molecule has 0 saturated heterocycles. The van der Waals surface area contributed by atoms with Gasteiger partial charge in [0.15, 0.2) is 0 Å². The lowest BCUT2D eigenvalue weighted by Crippen LogP contribution is -2.20. The van der Waals surface area contributed by atoms with E-state index in [1.807, 2.05) is 32.8 Å². The minimum atomic E-state index is -3.86. The van der Waals surface area contributed by atoms with E-state index >= 15 is 0 Å². The van der Waals surface area contributed by atoms with Gasteiger partial charge >= 0.3 is 0 Å². The smallest absolute Gasteiger partial charge is 0.268 e. The minimum Gasteiger partial charge on any atom is -0.492 e. The molecular weight excluding hydrogens is 391 g/mol. The second-order valence-corrected chi connectivity index (χ2v) is 9.60. The van der Waals surface area contributed by atoms with Crippen molar-refractivity contribution in [3.05, 3.63) is 59.5 Å². The van der Waals surface area contributed by atoms with Gasteiger partial charge in [0.2, 0.25) is 0 Å². The van der Waals surface area contributed by atoms with E-state index in [1.165, 1.54) is 28.4 Å². The van der Waals surface area contributed by atoms with Gasteiger partial charge < -0.3 is 9.64 Å². The lowest BCUT2D eigenvalue weighted by atomic mass is 10.0. The largest absolute Gasteiger partial charge is 0.492 e. The number of halogens is 1. The fourth-order valence-electron chi connectivity index (χ4n) is 3.26. The van der Waals surface area contributed by atoms with E-state index in [2.05, 4.69) is 0 Å². The van der Waals surface area contributed by atoms with E-state index in [4.69, 9.17) is 4.74 Å². The number of fused-ring (bicyclic) bond motifs is 1. The molecule has 0 unspecified atom stereocenters. The maximum absolute atomic E-state index is 13.6. The van der Waals surface area contributed by atoms with Gasteiger partial charge in [0.25, 0.3) is 10.0 Å². The zero-order valence-corrected chi connectivity index (χ0v) is 18.3. The molecule has 7 heteroatoms. The Morgan fingerprint density at radius 3 is 2.52 bits per heavy atom. The molecule has 0 fully saturated rings. The Balaban J connectivity index is 2.07. The van der Waals surface area contributed by atoms with Crippen molar-refractivity contribution < 1.29 is 17.5 Å². The molecule has 0 N–H and O–H groups in total. The second kappa shape index (κ2) is 8.16. The van der Waals surface area contributed by atoms with Crippen LogP contribution in [0.25, 0.3) is 10.9 Å². The monoisotopic (exact) mass is 418 g/mol. The summed E-state index contributed by atoms with van der Waals surface area (Å²) >= 11 is 0. The molecule has 29 heavy (non-hydrogen) atoms. The van der Waals surface area contributed by atoms with Gasteiger partial charge in [0, 0.05) is 24.2 Å². The Morgan fingerprint density at radius 1 is 1.14 bits per heavy atom. The fourth-order valence-corrected chi connectivity index (χ4v) is 4.70. The highest BCUT2D eigenvalue weighted by molar-refractivity contribution is 7.90. The average molecular weight is 419 g/mol. The second-order valence-electron chi connectivity index (χ2n) is 7.78. The molecule has 1 heterocycles. The molecule has 0 saturated carbocycles. The van der Waals surface area contributed by atoms with Crippen LogP contribution in [0.3, 0.4) is 0 Å². The first-order chi connectivity index (χ1) is 13.6. The van der Waals surface area contributed by atoms with Gasteiger partial charge in [-0.15, -0.1) is 0 Å². The number of aryl methyl sites for hydroxylation is 1. The highest BCUT2D eigenvalue weighted by Gasteiger charge is 2.23. The number of hydrogen-bond donors (Lipinski definition) is 0. The third kappa shape index (κ3) is 4.31. The summed E-state index contributed by atoms with van der Waals surface area (Å²) in [6.07, 6.45) is 1.53. The van der Waals surface area contributed by atoms with Crippen LogP contribution in [0.2, 0.25) is 0 Å². The molecule has 2 aromatic carbocycles. The zero-order valence-electron chi connectivity index (χ0n) is 17.4. The van der Waals surface area contributed by atoms with Crippen molar-refractivity contribution in [3.8, 4) is 5.75 Å². The van der Waals surface area contributed by atoms with Crippen molar-refractivity contribution in [1.29, 1.82) is 0 Å². The summed E-state index contributed by atoms with van der Waals surface area (Å²) in [6.45, 7) is 7.04. The average Bonchev–Trinajstić information content (AvgIpc) is 2.98. The molecule has 5 nitrogen and oxygen atoms in total. The van der Waals surface area contributed by atoms with Crippen LogP contribution in [0.4, 0.5) is 4.39 Å². The number of nitrogens with zero attached hydrogens (tertiary/aromatic N) is 2. The van der Waals surface area contributed by atoms with Crippen molar-refractivity contribution in [2.75, 3.05) is 27.2 Å². The third-order valence-electron chi connectivity index (χ3n) is 4.89. The fraction of sp³-hybridized carbons (Fsp3) is 0.364. The first-order valence-electron chi connectivity index (χ1n) is 9.55. The number of likely N-dealkylation sites (N-methyl/N-ethyl adjacent to an activating group) is 1. The van der Waals surface area contributed by atoms with Crippen LogP contribution in [0, 0.1) is 12.7 Å². The van der Waals surface area contributed by atoms with Crippen LogP contribution < -0.4 is 4.74 Å². The van der Waals surface area contributed by atoms with Crippen molar-refractivity contribution in [2.24, 2.45) is 0 Å². The molecule has 0 atom stereocenters. The van der Waals surface area contributed by atoms with Gasteiger partial charge in [-0.25, -0.2) is 16.8 Å². The highest BCUT2D eigenvalue weighted by atomic mass is 32.2. The van der Waals surface area contributed by atoms with E-state index < -0.39 is 15.8 Å². The maximum atomic E-state index is 13.6. The van der Waals surface area contributed by atoms with Crippen molar-refractivity contribution >= 4 is 20.9 Å². The Labute approximate surface area is 171 Å². The predicted molar refractivity (Wildman–Crippen MR) is 114 cm³/mol. The number of benzene rings is 2. The van der Waals surface area contributed by atoms with E-state index in [1.54, 1.807) is 25.1 Å². The lowest BCUT2D eigenvalue weighted by molar-refractivity contribution is 0.258. The van der Waals surface area contributed by atoms with Crippen LogP contribution in [-0.4, -0.2) is 44.5 Å². The molecule has 0 aliphatic rings. The van der Waals surface area contributed by atoms with Crippen LogP contribution >= 0.6 is 0 Å². The predicted octanol–water partition coefficient (Wildman–Crippen LogP) is 4.39. The topological polar surface area (TPSA) is 51.5 Å². The van der Waals surface area contributed by atoms with Crippen LogP contribution in [0.15, 0.2) is 47.5 Å². The number of ether oxygens (including phenoxy) is 1. The maximum Gasteiger partial charge on any atom is 0.268 e. The molecule has 3 rings (SSSR count). The Bertz CT molecular complexity index is 1130. The molecular formula is C22H27FN2O3S. The van der Waals surface area contributed by atoms with Crippen LogP contribution in [0.1, 0.15) is 30.9 Å². The SMILES string of the molecule is Cc1cn(S(=O)(=O)c2ccc(C(C)C)c(OCCN(C)C)c2)c2ccc(F)cc12. The first kappa shape index (κ1) is 21.3. The summed E-state index contributed by atoms with van der Waals surface area (Å²) in [5.74, 6) is 0.370. The van der Waals surface area contributed by atoms with Gasteiger partial charge in [-0.3, -0.25) is 0 Å². The molecule has 0 radical (unpaired) electrons. The molecule has 0 spiro atoms. The Morgan fingerprint density at radius 2 is 1.86 bits per heavy atom. The first-order valence-corrected chi connectivity index (χ1v) is 11.0. The van der Waals surface area contributed by atoms with E-state index in [-0.39, 0.29) is 10.8 Å². The van der Waals surface area contributed by atoms with Gasteiger partial charge in [-0.1, -0.05) is 19.9 Å². The Hall–Kier alpha value is -2.38. The highest BCUT2D eigenvalue weighted by Crippen LogP contribution is 2.32. The van der Waals surface area contributed by atoms with Gasteiger partial charge in [-0.05, 0) is 62.3 Å². The molecule has 156 valence electrons. The number of hydrogen-bond acceptors (Lipinski definition) is 4. The van der Waals surface area contributed by atoms with E-state index in [0.29, 0.717) is 28.8 Å². The minimum absolute atomic E-state index is 0.142. The van der Waals surface area contributed by atoms with Gasteiger partial charge in [-0.2, -0.15) is 0 Å². The van der Waals surface area contributed by atoms with E-state index in [0.717, 1.165) is 12.1 Å². The summed E-state index contributed by atoms with van der Waals surface area (Å²) in [5, 5.41) is 0.579. The van der Waals surface area contributed by atoms with E-state index in [9.17, 15) is 12.8 Å². The molecule has 0 aliphatic heterocycles. The quantitative estimate of drug-likeness (QED) is 0.571. The van der Waals surface area contributed by atoms with Gasteiger partial charge in [0.05, 0.1) is 10.4 Å². The summed E-state index contributed by atoms with van der Waals surface area (Å²) in [6, 6.07) is 9.12. The summed E-state index contributed by atoms with van der Waals surface area (Å²) in [7, 11) is 0.0485. The summed E-state index contributed by atoms with van der Waals surface area (Å²) < 4.78 is 47.5. The van der Waals surface area contributed by atoms with Crippen LogP contribution in [0.5, 0.6) is 5.75 Å². The van der Waals surface area contributed by atoms with Gasteiger partial charge in [0.1, 0.15) is 18.2 Å². The van der Waals surface area contributed by atoms with Crippen molar-refractivity contribution in [1.82, 2.24) is 8.87 Å². The summed E-state index contributed by atoms with van der Waals surface area (Å²) in [4.78, 5) is 2.15. The van der Waals surface area contributed by atoms with Crippen molar-refractivity contribution in [3.63, 3.8) is 0 Å². The normalized spacial score (nSPS) is 12.3. The molecule has 1 aromatic heterocycles. The number of rotatable bonds is 7. The molecule has 0 bridgehead atoms. The molecule has 3 aromatic rings. The molecule has 0 aliphatic carbocycles. The summed E-state index contributed by atoms with van der Waals surface area (Å²) in [5.41, 5.74) is 2.11. The standard InChI is InChI=1S/C22H27FN2O3S/c1-15(2)19-8-7-18(13-22(19)28-11-10-24(4)5)29(26,27)25-14-16(3)20-12-17(23)6-9-21(20)25/h6-9,12-15H,10-11H2,1-5H3. The van der Waals surface area contributed by atoms with Crippen molar-refractivity contribution in [2.45, 2.75) is 31.6 Å². The zero-order chi connectivity index (χ0) is 21.3. The van der Waals surface area contributed by atoms with Crippen LogP contribution in [-0.2, 0) is 10.0 Å².